The summed E-state index contributed by atoms with van der Waals surface area (Å²) in [7, 11) is 2.10. The third kappa shape index (κ3) is 3.25. The molecule has 1 unspecified atom stereocenters. The lowest BCUT2D eigenvalue weighted by Crippen LogP contribution is -2.27. The Morgan fingerprint density at radius 3 is 3.19 bits per heavy atom. The minimum atomic E-state index is -0.280. The summed E-state index contributed by atoms with van der Waals surface area (Å²) in [6, 6.07) is 3.21. The van der Waals surface area contributed by atoms with Crippen molar-refractivity contribution in [3.05, 3.63) is 29.8 Å². The van der Waals surface area contributed by atoms with Crippen molar-refractivity contribution in [3.8, 4) is 0 Å². The van der Waals surface area contributed by atoms with Crippen LogP contribution >= 0.6 is 0 Å². The van der Waals surface area contributed by atoms with Gasteiger partial charge in [-0.05, 0) is 25.6 Å². The average molecular weight is 224 g/mol. The van der Waals surface area contributed by atoms with E-state index in [1.165, 1.54) is 12.3 Å². The highest BCUT2D eigenvalue weighted by molar-refractivity contribution is 5.06. The number of nitrogens with zero attached hydrogens (tertiary/aromatic N) is 2. The van der Waals surface area contributed by atoms with E-state index in [0.29, 0.717) is 5.92 Å². The number of hydrogen-bond donors (Lipinski definition) is 0. The molecular formula is C12H17FN2O. The zero-order chi connectivity index (χ0) is 11.4. The third-order valence-corrected chi connectivity index (χ3v) is 2.83. The molecule has 0 saturated carbocycles. The third-order valence-electron chi connectivity index (χ3n) is 2.83. The molecule has 0 N–H and O–H groups in total. The van der Waals surface area contributed by atoms with Crippen molar-refractivity contribution < 1.29 is 9.13 Å². The molecule has 0 aromatic carbocycles. The lowest BCUT2D eigenvalue weighted by atomic mass is 10.0. The zero-order valence-corrected chi connectivity index (χ0v) is 9.53. The maximum Gasteiger partial charge on any atom is 0.141 e. The molecule has 1 saturated heterocycles. The van der Waals surface area contributed by atoms with Crippen LogP contribution in [0.2, 0.25) is 0 Å². The van der Waals surface area contributed by atoms with E-state index < -0.39 is 0 Å². The van der Waals surface area contributed by atoms with Crippen LogP contribution in [-0.4, -0.2) is 43.2 Å². The van der Waals surface area contributed by atoms with Crippen molar-refractivity contribution in [2.24, 2.45) is 5.92 Å². The van der Waals surface area contributed by atoms with Crippen LogP contribution in [0.3, 0.4) is 0 Å². The number of pyridine rings is 1. The van der Waals surface area contributed by atoms with Crippen LogP contribution in [-0.2, 0) is 11.2 Å². The van der Waals surface area contributed by atoms with Gasteiger partial charge in [0.25, 0.3) is 0 Å². The topological polar surface area (TPSA) is 25.4 Å². The Morgan fingerprint density at radius 2 is 2.44 bits per heavy atom. The number of hydrogen-bond acceptors (Lipinski definition) is 3. The Labute approximate surface area is 95.2 Å². The number of halogens is 1. The van der Waals surface area contributed by atoms with E-state index >= 15 is 0 Å². The predicted molar refractivity (Wildman–Crippen MR) is 59.7 cm³/mol. The minimum Gasteiger partial charge on any atom is -0.380 e. The molecule has 0 bridgehead atoms. The van der Waals surface area contributed by atoms with Crippen LogP contribution in [0.5, 0.6) is 0 Å². The Hall–Kier alpha value is -1.00. The predicted octanol–water partition coefficient (Wildman–Crippen LogP) is 1.34. The molecule has 1 aliphatic rings. The summed E-state index contributed by atoms with van der Waals surface area (Å²) < 4.78 is 18.2. The zero-order valence-electron chi connectivity index (χ0n) is 9.53. The van der Waals surface area contributed by atoms with Crippen LogP contribution in [0.15, 0.2) is 18.3 Å². The van der Waals surface area contributed by atoms with E-state index in [0.717, 1.165) is 38.4 Å². The molecule has 16 heavy (non-hydrogen) atoms. The molecule has 1 aromatic heterocycles. The fourth-order valence-electron chi connectivity index (χ4n) is 2.00. The van der Waals surface area contributed by atoms with Gasteiger partial charge < -0.3 is 9.64 Å². The first kappa shape index (κ1) is 11.5. The second-order valence-electron chi connectivity index (χ2n) is 4.38. The van der Waals surface area contributed by atoms with E-state index in [9.17, 15) is 4.39 Å². The second-order valence-corrected chi connectivity index (χ2v) is 4.38. The van der Waals surface area contributed by atoms with Gasteiger partial charge in [-0.1, -0.05) is 0 Å². The lowest BCUT2D eigenvalue weighted by molar-refractivity contribution is 0.122. The highest BCUT2D eigenvalue weighted by Gasteiger charge is 2.16. The molecule has 0 amide bonds. The molecule has 4 heteroatoms. The first-order valence-electron chi connectivity index (χ1n) is 5.61. The molecule has 1 fully saturated rings. The summed E-state index contributed by atoms with van der Waals surface area (Å²) >= 11 is 0. The smallest absolute Gasteiger partial charge is 0.141 e. The maximum absolute atomic E-state index is 12.7. The molecule has 1 aromatic rings. The van der Waals surface area contributed by atoms with Gasteiger partial charge in [0.05, 0.1) is 19.4 Å². The summed E-state index contributed by atoms with van der Waals surface area (Å²) in [5.41, 5.74) is 0.935. The Kier molecular flexibility index (Phi) is 3.85. The van der Waals surface area contributed by atoms with E-state index in [2.05, 4.69) is 16.9 Å². The molecule has 3 nitrogen and oxygen atoms in total. The van der Waals surface area contributed by atoms with Gasteiger partial charge in [-0.2, -0.15) is 0 Å². The second kappa shape index (κ2) is 5.37. The monoisotopic (exact) mass is 224 g/mol. The van der Waals surface area contributed by atoms with E-state index in [-0.39, 0.29) is 5.82 Å². The SMILES string of the molecule is CN1CCOCC(Cc2ccc(F)cn2)C1. The summed E-state index contributed by atoms with van der Waals surface area (Å²) in [4.78, 5) is 6.34. The van der Waals surface area contributed by atoms with Crippen molar-refractivity contribution in [3.63, 3.8) is 0 Å². The molecule has 2 heterocycles. The van der Waals surface area contributed by atoms with Crippen LogP contribution in [0.25, 0.3) is 0 Å². The van der Waals surface area contributed by atoms with E-state index in [4.69, 9.17) is 4.74 Å². The molecule has 88 valence electrons. The van der Waals surface area contributed by atoms with Gasteiger partial charge >= 0.3 is 0 Å². The van der Waals surface area contributed by atoms with Crippen LogP contribution in [0, 0.1) is 11.7 Å². The van der Waals surface area contributed by atoms with Gasteiger partial charge in [0, 0.05) is 24.7 Å². The van der Waals surface area contributed by atoms with E-state index in [1.54, 1.807) is 6.07 Å². The number of ether oxygens (including phenoxy) is 1. The molecule has 0 aliphatic carbocycles. The van der Waals surface area contributed by atoms with Gasteiger partial charge in [0.2, 0.25) is 0 Å². The number of rotatable bonds is 2. The van der Waals surface area contributed by atoms with Gasteiger partial charge in [-0.3, -0.25) is 4.98 Å². The molecule has 1 atom stereocenters. The highest BCUT2D eigenvalue weighted by atomic mass is 19.1. The fourth-order valence-corrected chi connectivity index (χ4v) is 2.00. The van der Waals surface area contributed by atoms with Crippen LogP contribution in [0.1, 0.15) is 5.69 Å². The van der Waals surface area contributed by atoms with E-state index in [1.807, 2.05) is 0 Å². The Bertz CT molecular complexity index is 328. The largest absolute Gasteiger partial charge is 0.380 e. The standard InChI is InChI=1S/C12H17FN2O/c1-15-4-5-16-9-10(8-15)6-12-3-2-11(13)7-14-12/h2-3,7,10H,4-6,8-9H2,1H3. The van der Waals surface area contributed by atoms with Gasteiger partial charge in [0.15, 0.2) is 0 Å². The summed E-state index contributed by atoms with van der Waals surface area (Å²) in [5, 5.41) is 0. The summed E-state index contributed by atoms with van der Waals surface area (Å²) in [5.74, 6) is 0.170. The van der Waals surface area contributed by atoms with Gasteiger partial charge in [-0.15, -0.1) is 0 Å². The molecule has 0 radical (unpaired) electrons. The molecule has 2 rings (SSSR count). The Balaban J connectivity index is 1.95. The van der Waals surface area contributed by atoms with Gasteiger partial charge in [-0.25, -0.2) is 4.39 Å². The minimum absolute atomic E-state index is 0.280. The lowest BCUT2D eigenvalue weighted by Gasteiger charge is -2.18. The molecule has 0 spiro atoms. The first-order chi connectivity index (χ1) is 7.74. The fraction of sp³-hybridized carbons (Fsp3) is 0.583. The highest BCUT2D eigenvalue weighted by Crippen LogP contribution is 2.11. The van der Waals surface area contributed by atoms with Crippen LogP contribution in [0.4, 0.5) is 4.39 Å². The molecule has 1 aliphatic heterocycles. The summed E-state index contributed by atoms with van der Waals surface area (Å²) in [6.07, 6.45) is 2.13. The quantitative estimate of drug-likeness (QED) is 0.758. The first-order valence-corrected chi connectivity index (χ1v) is 5.61. The Morgan fingerprint density at radius 1 is 1.56 bits per heavy atom. The maximum atomic E-state index is 12.7. The van der Waals surface area contributed by atoms with Crippen molar-refractivity contribution in [2.75, 3.05) is 33.4 Å². The van der Waals surface area contributed by atoms with Crippen molar-refractivity contribution in [2.45, 2.75) is 6.42 Å². The number of likely N-dealkylation sites (N-methyl/N-ethyl adjacent to an activating group) is 1. The molecular weight excluding hydrogens is 207 g/mol. The van der Waals surface area contributed by atoms with Crippen LogP contribution < -0.4 is 0 Å². The summed E-state index contributed by atoms with van der Waals surface area (Å²) in [6.45, 7) is 3.56. The number of aromatic nitrogens is 1. The van der Waals surface area contributed by atoms with Crippen molar-refractivity contribution in [1.29, 1.82) is 0 Å². The van der Waals surface area contributed by atoms with Gasteiger partial charge in [0.1, 0.15) is 5.82 Å². The van der Waals surface area contributed by atoms with Crippen molar-refractivity contribution in [1.82, 2.24) is 9.88 Å². The van der Waals surface area contributed by atoms with Crippen molar-refractivity contribution >= 4 is 0 Å². The average Bonchev–Trinajstić information content (AvgIpc) is 2.46. The normalized spacial score (nSPS) is 23.0.